The highest BCUT2D eigenvalue weighted by Crippen LogP contribution is 2.23. The van der Waals surface area contributed by atoms with Gasteiger partial charge in [-0.3, -0.25) is 0 Å². The summed E-state index contributed by atoms with van der Waals surface area (Å²) in [5, 5.41) is 2.39. The van der Waals surface area contributed by atoms with E-state index >= 15 is 0 Å². The van der Waals surface area contributed by atoms with Crippen molar-refractivity contribution in [1.82, 2.24) is 0 Å². The minimum Gasteiger partial charge on any atom is -0.195 e. The molecule has 0 fully saturated rings. The SMILES string of the molecule is Cc1ccc(CCc2ccc(-c3ccc(N=C=S)cc3)cc2)cc1. The maximum Gasteiger partial charge on any atom is 0.0739 e. The Bertz CT molecular complexity index is 840. The zero-order valence-corrected chi connectivity index (χ0v) is 14.5. The van der Waals surface area contributed by atoms with Crippen molar-refractivity contribution in [3.63, 3.8) is 0 Å². The molecule has 3 rings (SSSR count). The first-order chi connectivity index (χ1) is 11.7. The molecule has 0 saturated heterocycles. The van der Waals surface area contributed by atoms with Crippen LogP contribution in [0.5, 0.6) is 0 Å². The van der Waals surface area contributed by atoms with Crippen LogP contribution >= 0.6 is 12.2 Å². The predicted octanol–water partition coefficient (Wildman–Crippen LogP) is 6.18. The fraction of sp³-hybridized carbons (Fsp3) is 0.136. The van der Waals surface area contributed by atoms with Crippen LogP contribution in [-0.4, -0.2) is 5.16 Å². The van der Waals surface area contributed by atoms with E-state index in [9.17, 15) is 0 Å². The van der Waals surface area contributed by atoms with Crippen LogP contribution in [0.1, 0.15) is 16.7 Å². The summed E-state index contributed by atoms with van der Waals surface area (Å²) in [7, 11) is 0. The maximum atomic E-state index is 4.62. The Morgan fingerprint density at radius 3 is 1.67 bits per heavy atom. The number of hydrogen-bond donors (Lipinski definition) is 0. The Morgan fingerprint density at radius 1 is 0.708 bits per heavy atom. The second-order valence-electron chi connectivity index (χ2n) is 5.93. The van der Waals surface area contributed by atoms with Crippen molar-refractivity contribution in [3.8, 4) is 11.1 Å². The van der Waals surface area contributed by atoms with E-state index < -0.39 is 0 Å². The lowest BCUT2D eigenvalue weighted by molar-refractivity contribution is 0.959. The van der Waals surface area contributed by atoms with E-state index in [-0.39, 0.29) is 0 Å². The summed E-state index contributed by atoms with van der Waals surface area (Å²) in [6, 6.07) is 25.6. The number of aryl methyl sites for hydroxylation is 3. The van der Waals surface area contributed by atoms with E-state index in [1.165, 1.54) is 27.8 Å². The van der Waals surface area contributed by atoms with Crippen molar-refractivity contribution in [2.24, 2.45) is 4.99 Å². The van der Waals surface area contributed by atoms with E-state index in [0.29, 0.717) is 0 Å². The molecular weight excluding hydrogens is 310 g/mol. The molecule has 0 aliphatic rings. The van der Waals surface area contributed by atoms with Crippen LogP contribution in [-0.2, 0) is 12.8 Å². The monoisotopic (exact) mass is 329 g/mol. The van der Waals surface area contributed by atoms with Gasteiger partial charge in [0.05, 0.1) is 10.8 Å². The Morgan fingerprint density at radius 2 is 1.17 bits per heavy atom. The molecule has 3 aromatic carbocycles. The molecule has 0 aliphatic heterocycles. The summed E-state index contributed by atoms with van der Waals surface area (Å²) < 4.78 is 0. The first-order valence-corrected chi connectivity index (χ1v) is 8.48. The topological polar surface area (TPSA) is 12.4 Å². The molecule has 0 atom stereocenters. The van der Waals surface area contributed by atoms with E-state index in [1.54, 1.807) is 0 Å². The maximum absolute atomic E-state index is 4.62. The molecule has 1 nitrogen and oxygen atoms in total. The molecule has 0 aliphatic carbocycles. The fourth-order valence-corrected chi connectivity index (χ4v) is 2.79. The second kappa shape index (κ2) is 7.83. The molecule has 0 aromatic heterocycles. The van der Waals surface area contributed by atoms with Crippen LogP contribution in [0.25, 0.3) is 11.1 Å². The van der Waals surface area contributed by atoms with Gasteiger partial charge in [-0.05, 0) is 66.4 Å². The molecule has 0 N–H and O–H groups in total. The third kappa shape index (κ3) is 4.26. The molecule has 0 saturated carbocycles. The highest BCUT2D eigenvalue weighted by molar-refractivity contribution is 7.78. The Kier molecular flexibility index (Phi) is 5.32. The van der Waals surface area contributed by atoms with Crippen LogP contribution in [0.4, 0.5) is 5.69 Å². The smallest absolute Gasteiger partial charge is 0.0739 e. The van der Waals surface area contributed by atoms with Gasteiger partial charge in [-0.2, -0.15) is 4.99 Å². The zero-order chi connectivity index (χ0) is 16.8. The Balaban J connectivity index is 1.66. The largest absolute Gasteiger partial charge is 0.195 e. The zero-order valence-electron chi connectivity index (χ0n) is 13.7. The highest BCUT2D eigenvalue weighted by Gasteiger charge is 2.00. The van der Waals surface area contributed by atoms with Crippen molar-refractivity contribution in [2.45, 2.75) is 19.8 Å². The highest BCUT2D eigenvalue weighted by atomic mass is 32.1. The van der Waals surface area contributed by atoms with Gasteiger partial charge in [0.25, 0.3) is 0 Å². The molecule has 2 heteroatoms. The molecule has 0 spiro atoms. The van der Waals surface area contributed by atoms with Crippen LogP contribution in [0, 0.1) is 6.92 Å². The quantitative estimate of drug-likeness (QED) is 0.402. The van der Waals surface area contributed by atoms with Gasteiger partial charge in [-0.25, -0.2) is 0 Å². The second-order valence-corrected chi connectivity index (χ2v) is 6.12. The van der Waals surface area contributed by atoms with Crippen molar-refractivity contribution < 1.29 is 0 Å². The number of aliphatic imine (C=N–C) groups is 1. The van der Waals surface area contributed by atoms with Gasteiger partial charge in [-0.15, -0.1) is 0 Å². The lowest BCUT2D eigenvalue weighted by Gasteiger charge is -2.06. The number of nitrogens with zero attached hydrogens (tertiary/aromatic N) is 1. The Hall–Kier alpha value is -2.54. The molecule has 3 aromatic rings. The number of hydrogen-bond acceptors (Lipinski definition) is 2. The van der Waals surface area contributed by atoms with Gasteiger partial charge >= 0.3 is 0 Å². The fourth-order valence-electron chi connectivity index (χ4n) is 2.69. The number of benzene rings is 3. The van der Waals surface area contributed by atoms with Gasteiger partial charge in [0, 0.05) is 0 Å². The van der Waals surface area contributed by atoms with E-state index in [4.69, 9.17) is 0 Å². The van der Waals surface area contributed by atoms with Crippen molar-refractivity contribution in [3.05, 3.63) is 89.5 Å². The van der Waals surface area contributed by atoms with E-state index in [1.807, 2.05) is 12.1 Å². The summed E-state index contributed by atoms with van der Waals surface area (Å²) in [6.07, 6.45) is 2.13. The lowest BCUT2D eigenvalue weighted by atomic mass is 10.00. The van der Waals surface area contributed by atoms with Gasteiger partial charge in [0.2, 0.25) is 0 Å². The van der Waals surface area contributed by atoms with E-state index in [2.05, 4.69) is 90.0 Å². The summed E-state index contributed by atoms with van der Waals surface area (Å²) in [6.45, 7) is 2.12. The summed E-state index contributed by atoms with van der Waals surface area (Å²) in [5.74, 6) is 0. The van der Waals surface area contributed by atoms with Crippen LogP contribution in [0.3, 0.4) is 0 Å². The molecular formula is C22H19NS. The third-order valence-corrected chi connectivity index (χ3v) is 4.24. The summed E-state index contributed by atoms with van der Waals surface area (Å²) >= 11 is 4.62. The summed E-state index contributed by atoms with van der Waals surface area (Å²) in [5.41, 5.74) is 7.30. The first kappa shape index (κ1) is 16.3. The number of thiocarbonyl (C=S) groups is 1. The molecule has 0 amide bonds. The first-order valence-electron chi connectivity index (χ1n) is 8.07. The van der Waals surface area contributed by atoms with Gasteiger partial charge in [0.1, 0.15) is 0 Å². The standard InChI is InChI=1S/C22H19NS/c1-17-2-4-18(5-3-17)6-7-19-8-10-20(11-9-19)21-12-14-22(15-13-21)23-16-24/h2-5,8-15H,6-7H2,1H3. The average Bonchev–Trinajstić information content (AvgIpc) is 2.63. The van der Waals surface area contributed by atoms with Crippen molar-refractivity contribution in [1.29, 1.82) is 0 Å². The van der Waals surface area contributed by atoms with Gasteiger partial charge in [0.15, 0.2) is 0 Å². The van der Waals surface area contributed by atoms with Crippen LogP contribution in [0.15, 0.2) is 77.8 Å². The third-order valence-electron chi connectivity index (χ3n) is 4.15. The molecule has 0 radical (unpaired) electrons. The number of isothiocyanates is 1. The predicted molar refractivity (Wildman–Crippen MR) is 105 cm³/mol. The van der Waals surface area contributed by atoms with Gasteiger partial charge in [-0.1, -0.05) is 66.2 Å². The van der Waals surface area contributed by atoms with Crippen LogP contribution in [0.2, 0.25) is 0 Å². The molecule has 0 bridgehead atoms. The minimum absolute atomic E-state index is 0.837. The van der Waals surface area contributed by atoms with Crippen molar-refractivity contribution >= 4 is 23.1 Å². The molecule has 118 valence electrons. The van der Waals surface area contributed by atoms with Crippen molar-refractivity contribution in [2.75, 3.05) is 0 Å². The Labute approximate surface area is 148 Å². The molecule has 0 heterocycles. The molecule has 0 unspecified atom stereocenters. The lowest BCUT2D eigenvalue weighted by Crippen LogP contribution is -1.91. The average molecular weight is 329 g/mol. The van der Waals surface area contributed by atoms with E-state index in [0.717, 1.165) is 18.5 Å². The van der Waals surface area contributed by atoms with Gasteiger partial charge < -0.3 is 0 Å². The summed E-state index contributed by atoms with van der Waals surface area (Å²) in [4.78, 5) is 3.98. The minimum atomic E-state index is 0.837. The normalized spacial score (nSPS) is 10.2. The number of rotatable bonds is 5. The van der Waals surface area contributed by atoms with Crippen LogP contribution < -0.4 is 0 Å². The molecule has 24 heavy (non-hydrogen) atoms.